The molecule has 2 atom stereocenters. The maximum absolute atomic E-state index is 11.8. The zero-order valence-corrected chi connectivity index (χ0v) is 14.5. The lowest BCUT2D eigenvalue weighted by Gasteiger charge is -2.16. The number of hydrogen-bond donors (Lipinski definition) is 1. The van der Waals surface area contributed by atoms with Gasteiger partial charge in [0.05, 0.1) is 0 Å². The van der Waals surface area contributed by atoms with Crippen LogP contribution in [0.25, 0.3) is 0 Å². The van der Waals surface area contributed by atoms with Gasteiger partial charge in [-0.1, -0.05) is 29.9 Å². The van der Waals surface area contributed by atoms with Gasteiger partial charge < -0.3 is 9.84 Å². The Kier molecular flexibility index (Phi) is 6.18. The molecule has 1 N–H and O–H groups in total. The second-order valence-electron chi connectivity index (χ2n) is 6.72. The molecule has 0 aromatic heterocycles. The Labute approximate surface area is 143 Å². The minimum atomic E-state index is -0.837. The molecule has 0 bridgehead atoms. The topological polar surface area (TPSA) is 63.6 Å². The second kappa shape index (κ2) is 8.13. The monoisotopic (exact) mass is 330 g/mol. The third-order valence-corrected chi connectivity index (χ3v) is 4.76. The van der Waals surface area contributed by atoms with Crippen molar-refractivity contribution in [1.29, 1.82) is 0 Å². The summed E-state index contributed by atoms with van der Waals surface area (Å²) < 4.78 is 5.46. The summed E-state index contributed by atoms with van der Waals surface area (Å²) in [6.45, 7) is 7.95. The minimum absolute atomic E-state index is 0.0314. The Morgan fingerprint density at radius 1 is 1.17 bits per heavy atom. The second-order valence-corrected chi connectivity index (χ2v) is 6.72. The molecular formula is C20H26O4. The van der Waals surface area contributed by atoms with Crippen LogP contribution in [-0.2, 0) is 14.3 Å². The van der Waals surface area contributed by atoms with Gasteiger partial charge in [-0.25, -0.2) is 9.59 Å². The Morgan fingerprint density at radius 3 is 2.58 bits per heavy atom. The van der Waals surface area contributed by atoms with E-state index in [2.05, 4.69) is 12.7 Å². The van der Waals surface area contributed by atoms with E-state index in [4.69, 9.17) is 4.74 Å². The van der Waals surface area contributed by atoms with Crippen LogP contribution in [0.3, 0.4) is 0 Å². The highest BCUT2D eigenvalue weighted by Crippen LogP contribution is 2.33. The Hall–Kier alpha value is -2.10. The molecule has 24 heavy (non-hydrogen) atoms. The van der Waals surface area contributed by atoms with Crippen LogP contribution in [0.2, 0.25) is 0 Å². The maximum Gasteiger partial charge on any atom is 0.334 e. The number of esters is 1. The number of rotatable bonds is 1. The van der Waals surface area contributed by atoms with Crippen molar-refractivity contribution in [3.63, 3.8) is 0 Å². The molecule has 0 aromatic carbocycles. The SMILES string of the molecule is C=C1C(=O)OC2/C=C(\C)CC/C=C(\C(=O)O)CC/C=C(/C)CCC12. The summed E-state index contributed by atoms with van der Waals surface area (Å²) in [5, 5.41) is 9.29. The highest BCUT2D eigenvalue weighted by Gasteiger charge is 2.36. The Bertz CT molecular complexity index is 622. The molecule has 2 unspecified atom stereocenters. The Morgan fingerprint density at radius 2 is 1.88 bits per heavy atom. The fourth-order valence-corrected chi connectivity index (χ4v) is 3.21. The molecule has 4 nitrogen and oxygen atoms in total. The molecular weight excluding hydrogens is 304 g/mol. The quantitative estimate of drug-likeness (QED) is 0.441. The Balaban J connectivity index is 2.23. The third-order valence-electron chi connectivity index (χ3n) is 4.76. The van der Waals surface area contributed by atoms with Gasteiger partial charge in [0.15, 0.2) is 0 Å². The number of allylic oxidation sites excluding steroid dienone is 4. The smallest absolute Gasteiger partial charge is 0.334 e. The molecule has 0 saturated carbocycles. The summed E-state index contributed by atoms with van der Waals surface area (Å²) in [5.41, 5.74) is 3.36. The van der Waals surface area contributed by atoms with Crippen molar-refractivity contribution < 1.29 is 19.4 Å². The summed E-state index contributed by atoms with van der Waals surface area (Å²) >= 11 is 0. The van der Waals surface area contributed by atoms with Crippen molar-refractivity contribution in [2.24, 2.45) is 5.92 Å². The summed E-state index contributed by atoms with van der Waals surface area (Å²) in [4.78, 5) is 23.2. The first kappa shape index (κ1) is 18.2. The maximum atomic E-state index is 11.8. The molecule has 0 amide bonds. The zero-order valence-electron chi connectivity index (χ0n) is 14.5. The van der Waals surface area contributed by atoms with Crippen molar-refractivity contribution in [3.05, 3.63) is 47.1 Å². The van der Waals surface area contributed by atoms with Crippen molar-refractivity contribution in [1.82, 2.24) is 0 Å². The molecule has 1 saturated heterocycles. The first-order valence-electron chi connectivity index (χ1n) is 8.53. The highest BCUT2D eigenvalue weighted by atomic mass is 16.5. The molecule has 1 fully saturated rings. The predicted molar refractivity (Wildman–Crippen MR) is 93.4 cm³/mol. The average Bonchev–Trinajstić information content (AvgIpc) is 2.77. The van der Waals surface area contributed by atoms with Crippen molar-refractivity contribution in [2.45, 2.75) is 58.5 Å². The highest BCUT2D eigenvalue weighted by molar-refractivity contribution is 5.91. The van der Waals surface area contributed by atoms with Gasteiger partial charge in [0.25, 0.3) is 0 Å². The van der Waals surface area contributed by atoms with Crippen LogP contribution in [0.5, 0.6) is 0 Å². The summed E-state index contributed by atoms with van der Waals surface area (Å²) in [6, 6.07) is 0. The molecule has 2 rings (SSSR count). The minimum Gasteiger partial charge on any atom is -0.478 e. The van der Waals surface area contributed by atoms with Crippen LogP contribution in [-0.4, -0.2) is 23.1 Å². The van der Waals surface area contributed by atoms with Crippen LogP contribution in [0.1, 0.15) is 52.4 Å². The fourth-order valence-electron chi connectivity index (χ4n) is 3.21. The van der Waals surface area contributed by atoms with Crippen molar-refractivity contribution >= 4 is 11.9 Å². The lowest BCUT2D eigenvalue weighted by molar-refractivity contribution is -0.137. The van der Waals surface area contributed by atoms with E-state index < -0.39 is 5.97 Å². The van der Waals surface area contributed by atoms with E-state index in [-0.39, 0.29) is 18.0 Å². The third kappa shape index (κ3) is 4.70. The average molecular weight is 330 g/mol. The van der Waals surface area contributed by atoms with E-state index in [9.17, 15) is 14.7 Å². The van der Waals surface area contributed by atoms with E-state index in [1.54, 1.807) is 0 Å². The van der Waals surface area contributed by atoms with E-state index in [0.29, 0.717) is 24.0 Å². The largest absolute Gasteiger partial charge is 0.478 e. The molecule has 1 heterocycles. The number of aliphatic carboxylic acids is 1. The van der Waals surface area contributed by atoms with E-state index in [1.807, 2.05) is 26.0 Å². The normalized spacial score (nSPS) is 33.0. The van der Waals surface area contributed by atoms with Crippen LogP contribution in [0, 0.1) is 5.92 Å². The van der Waals surface area contributed by atoms with Gasteiger partial charge >= 0.3 is 11.9 Å². The fraction of sp³-hybridized carbons (Fsp3) is 0.500. The van der Waals surface area contributed by atoms with E-state index in [1.165, 1.54) is 5.57 Å². The van der Waals surface area contributed by atoms with E-state index >= 15 is 0 Å². The first-order valence-corrected chi connectivity index (χ1v) is 8.53. The number of hydrogen-bond acceptors (Lipinski definition) is 3. The number of fused-ring (bicyclic) bond motifs is 1. The molecule has 0 spiro atoms. The summed E-state index contributed by atoms with van der Waals surface area (Å²) in [5.74, 6) is -1.10. The summed E-state index contributed by atoms with van der Waals surface area (Å²) in [7, 11) is 0. The number of carboxylic acid groups (broad SMARTS) is 1. The first-order chi connectivity index (χ1) is 11.4. The van der Waals surface area contributed by atoms with Crippen LogP contribution >= 0.6 is 0 Å². The van der Waals surface area contributed by atoms with Crippen molar-refractivity contribution in [2.75, 3.05) is 0 Å². The van der Waals surface area contributed by atoms with Crippen LogP contribution < -0.4 is 0 Å². The molecule has 0 aromatic rings. The molecule has 130 valence electrons. The number of carbonyl (C=O) groups excluding carboxylic acids is 1. The van der Waals surface area contributed by atoms with Gasteiger partial charge in [0.1, 0.15) is 6.10 Å². The number of carboxylic acids is 1. The molecule has 0 radical (unpaired) electrons. The standard InChI is InChI=1S/C20H26O4/c1-13-6-4-8-16(19(21)22)9-5-7-14(2)12-18-17(11-10-13)15(3)20(23)24-18/h6,9,12,17-18H,3-5,7-8,10-11H2,1-2H3,(H,21,22)/b13-6-,14-12+,16-9-. The lowest BCUT2D eigenvalue weighted by atomic mass is 9.89. The van der Waals surface area contributed by atoms with Gasteiger partial charge in [-0.15, -0.1) is 0 Å². The predicted octanol–water partition coefficient (Wildman–Crippen LogP) is 4.34. The van der Waals surface area contributed by atoms with Gasteiger partial charge in [-0.05, 0) is 58.4 Å². The van der Waals surface area contributed by atoms with Crippen LogP contribution in [0.15, 0.2) is 47.1 Å². The number of ether oxygens (including phenoxy) is 1. The number of carbonyl (C=O) groups is 2. The molecule has 1 aliphatic heterocycles. The summed E-state index contributed by atoms with van der Waals surface area (Å²) in [6.07, 6.45) is 10.1. The van der Waals surface area contributed by atoms with Crippen LogP contribution in [0.4, 0.5) is 0 Å². The lowest BCUT2D eigenvalue weighted by Crippen LogP contribution is -2.15. The molecule has 2 aliphatic rings. The van der Waals surface area contributed by atoms with Gasteiger partial charge in [0.2, 0.25) is 0 Å². The van der Waals surface area contributed by atoms with E-state index in [0.717, 1.165) is 31.3 Å². The van der Waals surface area contributed by atoms with Gasteiger partial charge in [-0.2, -0.15) is 0 Å². The van der Waals surface area contributed by atoms with Gasteiger partial charge in [-0.3, -0.25) is 0 Å². The molecule has 4 heteroatoms. The zero-order chi connectivity index (χ0) is 17.7. The molecule has 1 aliphatic carbocycles. The van der Waals surface area contributed by atoms with Gasteiger partial charge in [0, 0.05) is 17.1 Å². The van der Waals surface area contributed by atoms with Crippen molar-refractivity contribution in [3.8, 4) is 0 Å².